The molecule has 0 unspecified atom stereocenters. The highest BCUT2D eigenvalue weighted by atomic mass is 35.5. The van der Waals surface area contributed by atoms with Gasteiger partial charge in [-0.3, -0.25) is 9.48 Å². The Labute approximate surface area is 138 Å². The van der Waals surface area contributed by atoms with Crippen LogP contribution in [-0.2, 0) is 24.2 Å². The standard InChI is InChI=1S/C15H15Cl3N2O/c1-3-20-14(15(18)9(2)19-20)8-10(21)7-11-12(16)5-4-6-13(11)17/h4-6H,3,7-8H2,1-2H3. The fourth-order valence-corrected chi connectivity index (χ4v) is 2.92. The Bertz CT molecular complexity index is 660. The lowest BCUT2D eigenvalue weighted by atomic mass is 10.1. The molecular formula is C15H15Cl3N2O. The highest BCUT2D eigenvalue weighted by Gasteiger charge is 2.17. The summed E-state index contributed by atoms with van der Waals surface area (Å²) in [6.45, 7) is 4.46. The van der Waals surface area contributed by atoms with E-state index in [0.717, 1.165) is 11.4 Å². The van der Waals surface area contributed by atoms with Crippen molar-refractivity contribution in [3.63, 3.8) is 0 Å². The fourth-order valence-electron chi connectivity index (χ4n) is 2.19. The maximum atomic E-state index is 12.3. The molecule has 0 aliphatic carbocycles. The number of nitrogens with zero attached hydrogens (tertiary/aromatic N) is 2. The molecular weight excluding hydrogens is 331 g/mol. The molecule has 0 bridgehead atoms. The SMILES string of the molecule is CCn1nc(C)c(Cl)c1CC(=O)Cc1c(Cl)cccc1Cl. The third-order valence-electron chi connectivity index (χ3n) is 3.25. The number of aromatic nitrogens is 2. The Hall–Kier alpha value is -1.03. The van der Waals surface area contributed by atoms with Crippen LogP contribution in [0.5, 0.6) is 0 Å². The van der Waals surface area contributed by atoms with E-state index in [1.807, 2.05) is 13.8 Å². The van der Waals surface area contributed by atoms with Crippen LogP contribution in [-0.4, -0.2) is 15.6 Å². The van der Waals surface area contributed by atoms with Crippen molar-refractivity contribution in [2.24, 2.45) is 0 Å². The monoisotopic (exact) mass is 344 g/mol. The molecule has 0 spiro atoms. The summed E-state index contributed by atoms with van der Waals surface area (Å²) in [5.74, 6) is 0.00139. The molecule has 1 heterocycles. The average molecular weight is 346 g/mol. The van der Waals surface area contributed by atoms with Gasteiger partial charge in [0.25, 0.3) is 0 Å². The average Bonchev–Trinajstić information content (AvgIpc) is 2.71. The predicted molar refractivity (Wildman–Crippen MR) is 86.5 cm³/mol. The number of rotatable bonds is 5. The zero-order chi connectivity index (χ0) is 15.6. The molecule has 2 rings (SSSR count). The summed E-state index contributed by atoms with van der Waals surface area (Å²) >= 11 is 18.4. The van der Waals surface area contributed by atoms with Crippen LogP contribution in [0.2, 0.25) is 15.1 Å². The van der Waals surface area contributed by atoms with Gasteiger partial charge < -0.3 is 0 Å². The van der Waals surface area contributed by atoms with E-state index < -0.39 is 0 Å². The molecule has 112 valence electrons. The number of halogens is 3. The zero-order valence-corrected chi connectivity index (χ0v) is 14.1. The van der Waals surface area contributed by atoms with Crippen LogP contribution in [0.4, 0.5) is 0 Å². The molecule has 0 saturated carbocycles. The van der Waals surface area contributed by atoms with Crippen molar-refractivity contribution in [1.29, 1.82) is 0 Å². The molecule has 0 radical (unpaired) electrons. The molecule has 0 saturated heterocycles. The molecule has 0 atom stereocenters. The summed E-state index contributed by atoms with van der Waals surface area (Å²) in [5.41, 5.74) is 2.13. The highest BCUT2D eigenvalue weighted by Crippen LogP contribution is 2.26. The van der Waals surface area contributed by atoms with Gasteiger partial charge in [-0.05, 0) is 31.5 Å². The van der Waals surface area contributed by atoms with Crippen molar-refractivity contribution >= 4 is 40.6 Å². The van der Waals surface area contributed by atoms with E-state index in [0.29, 0.717) is 27.2 Å². The van der Waals surface area contributed by atoms with Crippen molar-refractivity contribution in [3.8, 4) is 0 Å². The molecule has 2 aromatic rings. The Morgan fingerprint density at radius 2 is 1.81 bits per heavy atom. The van der Waals surface area contributed by atoms with E-state index in [1.165, 1.54) is 0 Å². The summed E-state index contributed by atoms with van der Waals surface area (Å²) < 4.78 is 1.75. The predicted octanol–water partition coefficient (Wildman–Crippen LogP) is 4.53. The smallest absolute Gasteiger partial charge is 0.143 e. The van der Waals surface area contributed by atoms with Crippen LogP contribution in [0.3, 0.4) is 0 Å². The van der Waals surface area contributed by atoms with Crippen molar-refractivity contribution in [2.75, 3.05) is 0 Å². The second-order valence-corrected chi connectivity index (χ2v) is 5.95. The van der Waals surface area contributed by atoms with Crippen LogP contribution >= 0.6 is 34.8 Å². The maximum Gasteiger partial charge on any atom is 0.143 e. The first-order chi connectivity index (χ1) is 9.93. The first kappa shape index (κ1) is 16.3. The number of carbonyl (C=O) groups is 1. The second kappa shape index (κ2) is 6.82. The van der Waals surface area contributed by atoms with Gasteiger partial charge >= 0.3 is 0 Å². The number of aryl methyl sites for hydroxylation is 2. The van der Waals surface area contributed by atoms with Gasteiger partial charge in [-0.15, -0.1) is 0 Å². The Morgan fingerprint density at radius 3 is 2.38 bits per heavy atom. The van der Waals surface area contributed by atoms with Crippen LogP contribution < -0.4 is 0 Å². The molecule has 21 heavy (non-hydrogen) atoms. The molecule has 3 nitrogen and oxygen atoms in total. The van der Waals surface area contributed by atoms with Crippen molar-refractivity contribution in [3.05, 3.63) is 50.2 Å². The van der Waals surface area contributed by atoms with E-state index in [-0.39, 0.29) is 18.6 Å². The molecule has 0 aliphatic rings. The minimum absolute atomic E-state index is 0.00139. The van der Waals surface area contributed by atoms with Gasteiger partial charge in [-0.1, -0.05) is 40.9 Å². The maximum absolute atomic E-state index is 12.3. The van der Waals surface area contributed by atoms with E-state index >= 15 is 0 Å². The number of Topliss-reactive ketones (excluding diaryl/α,β-unsaturated/α-hetero) is 1. The Balaban J connectivity index is 2.20. The molecule has 1 aromatic carbocycles. The molecule has 0 aliphatic heterocycles. The van der Waals surface area contributed by atoms with Crippen molar-refractivity contribution in [1.82, 2.24) is 9.78 Å². The quantitative estimate of drug-likeness (QED) is 0.798. The van der Waals surface area contributed by atoms with Crippen LogP contribution in [0.1, 0.15) is 23.9 Å². The Morgan fingerprint density at radius 1 is 1.19 bits per heavy atom. The molecule has 6 heteroatoms. The summed E-state index contributed by atoms with van der Waals surface area (Å²) in [7, 11) is 0. The van der Waals surface area contributed by atoms with Crippen molar-refractivity contribution in [2.45, 2.75) is 33.2 Å². The number of ketones is 1. The number of hydrogen-bond donors (Lipinski definition) is 0. The van der Waals surface area contributed by atoms with E-state index in [4.69, 9.17) is 34.8 Å². The van der Waals surface area contributed by atoms with Gasteiger partial charge in [0.1, 0.15) is 5.78 Å². The largest absolute Gasteiger partial charge is 0.299 e. The molecule has 0 fully saturated rings. The lowest BCUT2D eigenvalue weighted by molar-refractivity contribution is -0.117. The fraction of sp³-hybridized carbons (Fsp3) is 0.333. The van der Waals surface area contributed by atoms with Crippen LogP contribution in [0.15, 0.2) is 18.2 Å². The van der Waals surface area contributed by atoms with Gasteiger partial charge in [0.05, 0.1) is 22.8 Å². The van der Waals surface area contributed by atoms with Gasteiger partial charge in [0, 0.05) is 23.0 Å². The van der Waals surface area contributed by atoms with Crippen LogP contribution in [0.25, 0.3) is 0 Å². The highest BCUT2D eigenvalue weighted by molar-refractivity contribution is 6.36. The minimum Gasteiger partial charge on any atom is -0.299 e. The molecule has 0 amide bonds. The Kier molecular flexibility index (Phi) is 5.31. The van der Waals surface area contributed by atoms with Gasteiger partial charge in [0.15, 0.2) is 0 Å². The van der Waals surface area contributed by atoms with Gasteiger partial charge in [-0.2, -0.15) is 5.10 Å². The number of hydrogen-bond acceptors (Lipinski definition) is 2. The minimum atomic E-state index is 0.00139. The normalized spacial score (nSPS) is 10.9. The van der Waals surface area contributed by atoms with E-state index in [2.05, 4.69) is 5.10 Å². The lowest BCUT2D eigenvalue weighted by Gasteiger charge is -2.08. The summed E-state index contributed by atoms with van der Waals surface area (Å²) in [4.78, 5) is 12.3. The first-order valence-corrected chi connectivity index (χ1v) is 7.73. The third kappa shape index (κ3) is 3.60. The lowest BCUT2D eigenvalue weighted by Crippen LogP contribution is -2.12. The van der Waals surface area contributed by atoms with Crippen molar-refractivity contribution < 1.29 is 4.79 Å². The zero-order valence-electron chi connectivity index (χ0n) is 11.8. The molecule has 0 N–H and O–H groups in total. The first-order valence-electron chi connectivity index (χ1n) is 6.60. The van der Waals surface area contributed by atoms with Gasteiger partial charge in [-0.25, -0.2) is 0 Å². The molecule has 1 aromatic heterocycles. The summed E-state index contributed by atoms with van der Waals surface area (Å²) in [6, 6.07) is 5.21. The second-order valence-electron chi connectivity index (χ2n) is 4.75. The number of carbonyl (C=O) groups excluding carboxylic acids is 1. The van der Waals surface area contributed by atoms with E-state index in [1.54, 1.807) is 22.9 Å². The number of benzene rings is 1. The third-order valence-corrected chi connectivity index (χ3v) is 4.45. The summed E-state index contributed by atoms with van der Waals surface area (Å²) in [6.07, 6.45) is 0.401. The topological polar surface area (TPSA) is 34.9 Å². The van der Waals surface area contributed by atoms with E-state index in [9.17, 15) is 4.79 Å². The summed E-state index contributed by atoms with van der Waals surface area (Å²) in [5, 5.41) is 5.86. The van der Waals surface area contributed by atoms with Gasteiger partial charge in [0.2, 0.25) is 0 Å². The van der Waals surface area contributed by atoms with Crippen LogP contribution in [0, 0.1) is 6.92 Å².